The van der Waals surface area contributed by atoms with Crippen LogP contribution in [0.2, 0.25) is 0 Å². The Balaban J connectivity index is 1.49. The molecule has 0 spiro atoms. The van der Waals surface area contributed by atoms with Gasteiger partial charge in [0.25, 0.3) is 5.01 Å². The van der Waals surface area contributed by atoms with E-state index in [2.05, 4.69) is 54.9 Å². The van der Waals surface area contributed by atoms with Crippen LogP contribution in [0.5, 0.6) is 0 Å². The molecule has 0 saturated carbocycles. The van der Waals surface area contributed by atoms with Gasteiger partial charge in [-0.1, -0.05) is 79.8 Å². The van der Waals surface area contributed by atoms with E-state index < -0.39 is 18.2 Å². The van der Waals surface area contributed by atoms with Crippen molar-refractivity contribution in [2.45, 2.75) is 33.5 Å². The van der Waals surface area contributed by atoms with E-state index in [4.69, 9.17) is 9.90 Å². The number of benzene rings is 4. The second-order valence-electron chi connectivity index (χ2n) is 9.98. The highest BCUT2D eigenvalue weighted by Crippen LogP contribution is 2.44. The zero-order chi connectivity index (χ0) is 27.5. The summed E-state index contributed by atoms with van der Waals surface area (Å²) in [5, 5.41) is 3.25. The van der Waals surface area contributed by atoms with Crippen molar-refractivity contribution in [1.82, 2.24) is 0 Å². The molecule has 0 radical (unpaired) electrons. The van der Waals surface area contributed by atoms with E-state index in [1.54, 1.807) is 31.3 Å². The van der Waals surface area contributed by atoms with Gasteiger partial charge in [0.1, 0.15) is 22.9 Å². The molecule has 172 valence electrons. The standard InChI is InChI=1S/C32H28NOS/c1-19-12-15-26-29(28(19)31-33(4)25-10-5-6-11-27(25)35-31)24-9-7-8-23(30(24)34-26)20-13-14-21-17-32(2,3)18-22(21)16-20/h5-16H,17-18H2,1-4H3/q+1/i17D2,18D2. The molecule has 1 aliphatic carbocycles. The smallest absolute Gasteiger partial charge is 0.270 e. The molecule has 0 unspecified atom stereocenters. The van der Waals surface area contributed by atoms with Gasteiger partial charge in [0.2, 0.25) is 5.52 Å². The Kier molecular flexibility index (Phi) is 3.55. The number of hydrogen-bond acceptors (Lipinski definition) is 2. The van der Waals surface area contributed by atoms with Crippen LogP contribution >= 0.6 is 11.3 Å². The molecule has 3 heteroatoms. The van der Waals surface area contributed by atoms with E-state index in [1.807, 2.05) is 30.3 Å². The molecule has 1 aliphatic rings. The summed E-state index contributed by atoms with van der Waals surface area (Å²) in [5.41, 5.74) is 6.42. The second kappa shape index (κ2) is 7.29. The Labute approximate surface area is 215 Å². The van der Waals surface area contributed by atoms with Crippen LogP contribution in [-0.2, 0) is 19.8 Å². The van der Waals surface area contributed by atoms with Crippen molar-refractivity contribution < 1.29 is 14.5 Å². The number of aryl methyl sites for hydroxylation is 2. The van der Waals surface area contributed by atoms with Crippen LogP contribution in [0.25, 0.3) is 53.9 Å². The van der Waals surface area contributed by atoms with E-state index in [9.17, 15) is 0 Å². The van der Waals surface area contributed by atoms with Gasteiger partial charge in [-0.15, -0.1) is 0 Å². The largest absolute Gasteiger partial charge is 0.455 e. The molecule has 2 nitrogen and oxygen atoms in total. The molecule has 0 N–H and O–H groups in total. The predicted molar refractivity (Wildman–Crippen MR) is 147 cm³/mol. The Morgan fingerprint density at radius 3 is 2.63 bits per heavy atom. The van der Waals surface area contributed by atoms with Gasteiger partial charge < -0.3 is 4.42 Å². The van der Waals surface area contributed by atoms with Crippen LogP contribution in [-0.4, -0.2) is 0 Å². The Hall–Kier alpha value is -3.43. The summed E-state index contributed by atoms with van der Waals surface area (Å²) < 4.78 is 45.1. The summed E-state index contributed by atoms with van der Waals surface area (Å²) in [6.07, 6.45) is -3.59. The van der Waals surface area contributed by atoms with Crippen molar-refractivity contribution in [2.75, 3.05) is 0 Å². The fourth-order valence-electron chi connectivity index (χ4n) is 5.45. The quantitative estimate of drug-likeness (QED) is 0.228. The topological polar surface area (TPSA) is 17.0 Å². The second-order valence-corrected chi connectivity index (χ2v) is 11.0. The van der Waals surface area contributed by atoms with Gasteiger partial charge in [-0.25, -0.2) is 0 Å². The van der Waals surface area contributed by atoms with Crippen LogP contribution in [0.15, 0.2) is 77.2 Å². The number of para-hydroxylation sites is 2. The van der Waals surface area contributed by atoms with Gasteiger partial charge in [-0.3, -0.25) is 0 Å². The van der Waals surface area contributed by atoms with Crippen LogP contribution in [0.1, 0.15) is 36.0 Å². The van der Waals surface area contributed by atoms with Crippen molar-refractivity contribution in [3.8, 4) is 21.7 Å². The Morgan fingerprint density at radius 1 is 0.943 bits per heavy atom. The SMILES string of the molecule is [2H]C1([2H])c2ccc(-c3cccc4c3oc3ccc(C)c(-c5sc6ccccc6[n+]5C)c34)cc2C([2H])([2H])C1(C)C. The molecule has 0 amide bonds. The number of fused-ring (bicyclic) bond motifs is 5. The predicted octanol–water partition coefficient (Wildman–Crippen LogP) is 8.39. The lowest BCUT2D eigenvalue weighted by molar-refractivity contribution is -0.629. The average molecular weight is 479 g/mol. The summed E-state index contributed by atoms with van der Waals surface area (Å²) >= 11 is 1.78. The molecule has 4 aromatic carbocycles. The van der Waals surface area contributed by atoms with Crippen LogP contribution in [0.3, 0.4) is 0 Å². The lowest BCUT2D eigenvalue weighted by Gasteiger charge is -2.14. The number of hydrogen-bond donors (Lipinski definition) is 0. The minimum atomic E-state index is -1.82. The van der Waals surface area contributed by atoms with Crippen molar-refractivity contribution in [1.29, 1.82) is 0 Å². The molecule has 0 aliphatic heterocycles. The first-order chi connectivity index (χ1) is 18.4. The maximum absolute atomic E-state index is 8.85. The van der Waals surface area contributed by atoms with E-state index in [1.165, 1.54) is 20.8 Å². The monoisotopic (exact) mass is 478 g/mol. The number of furan rings is 1. The van der Waals surface area contributed by atoms with Crippen molar-refractivity contribution in [3.05, 3.63) is 89.5 Å². The molecular weight excluding hydrogens is 446 g/mol. The van der Waals surface area contributed by atoms with Gasteiger partial charge >= 0.3 is 0 Å². The summed E-state index contributed by atoms with van der Waals surface area (Å²) in [7, 11) is 2.11. The van der Waals surface area contributed by atoms with Crippen LogP contribution in [0.4, 0.5) is 0 Å². The lowest BCUT2D eigenvalue weighted by Crippen LogP contribution is -2.28. The normalized spacial score (nSPS) is 19.4. The zero-order valence-electron chi connectivity index (χ0n) is 24.2. The Morgan fingerprint density at radius 2 is 1.77 bits per heavy atom. The van der Waals surface area contributed by atoms with Crippen molar-refractivity contribution >= 4 is 43.5 Å². The zero-order valence-corrected chi connectivity index (χ0v) is 21.0. The van der Waals surface area contributed by atoms with Gasteiger partial charge in [-0.2, -0.15) is 4.57 Å². The Bertz CT molecular complexity index is 1980. The van der Waals surface area contributed by atoms with Crippen molar-refractivity contribution in [2.24, 2.45) is 12.5 Å². The molecule has 0 saturated heterocycles. The number of rotatable bonds is 2. The fraction of sp³-hybridized carbons (Fsp3) is 0.219. The summed E-state index contributed by atoms with van der Waals surface area (Å²) in [6.45, 7) is 5.48. The fourth-order valence-corrected chi connectivity index (χ4v) is 6.71. The number of nitrogens with zero attached hydrogens (tertiary/aromatic N) is 1. The third-order valence-electron chi connectivity index (χ3n) is 7.05. The number of aromatic nitrogens is 1. The van der Waals surface area contributed by atoms with Gasteiger partial charge in [0, 0.05) is 27.9 Å². The number of thiazole rings is 1. The summed E-state index contributed by atoms with van der Waals surface area (Å²) in [6, 6.07) is 24.2. The maximum Gasteiger partial charge on any atom is 0.270 e. The molecular formula is C32H28NOS+. The van der Waals surface area contributed by atoms with E-state index in [0.29, 0.717) is 11.1 Å². The van der Waals surface area contributed by atoms with Gasteiger partial charge in [-0.05, 0) is 59.5 Å². The lowest BCUT2D eigenvalue weighted by atomic mass is 9.90. The highest BCUT2D eigenvalue weighted by Gasteiger charge is 2.29. The minimum Gasteiger partial charge on any atom is -0.455 e. The highest BCUT2D eigenvalue weighted by atomic mass is 32.1. The van der Waals surface area contributed by atoms with Gasteiger partial charge in [0.05, 0.1) is 5.56 Å². The minimum absolute atomic E-state index is 0.414. The third-order valence-corrected chi connectivity index (χ3v) is 8.28. The molecule has 0 atom stereocenters. The maximum atomic E-state index is 8.85. The van der Waals surface area contributed by atoms with Crippen LogP contribution in [0, 0.1) is 12.3 Å². The first kappa shape index (κ1) is 17.1. The molecule has 2 aromatic heterocycles. The van der Waals surface area contributed by atoms with Gasteiger partial charge in [0.15, 0.2) is 0 Å². The summed E-state index contributed by atoms with van der Waals surface area (Å²) in [4.78, 5) is 0. The van der Waals surface area contributed by atoms with Crippen molar-refractivity contribution in [3.63, 3.8) is 0 Å². The third kappa shape index (κ3) is 3.11. The first-order valence-electron chi connectivity index (χ1n) is 13.9. The van der Waals surface area contributed by atoms with Crippen LogP contribution < -0.4 is 4.57 Å². The molecule has 7 rings (SSSR count). The molecule has 35 heavy (non-hydrogen) atoms. The summed E-state index contributed by atoms with van der Waals surface area (Å²) in [5.74, 6) is 0. The molecule has 2 heterocycles. The average Bonchev–Trinajstić information content (AvgIpc) is 3.48. The molecule has 6 aromatic rings. The molecule has 0 fully saturated rings. The first-order valence-corrected chi connectivity index (χ1v) is 12.7. The molecule has 0 bridgehead atoms. The van der Waals surface area contributed by atoms with E-state index in [0.717, 1.165) is 38.6 Å². The van der Waals surface area contributed by atoms with E-state index in [-0.39, 0.29) is 0 Å². The van der Waals surface area contributed by atoms with E-state index >= 15 is 0 Å². The highest BCUT2D eigenvalue weighted by molar-refractivity contribution is 7.21.